The van der Waals surface area contributed by atoms with Crippen molar-refractivity contribution in [3.63, 3.8) is 0 Å². The monoisotopic (exact) mass is 466 g/mol. The molecule has 1 aromatic rings. The van der Waals surface area contributed by atoms with E-state index in [1.807, 2.05) is 12.1 Å². The predicted octanol–water partition coefficient (Wildman–Crippen LogP) is 3.50. The second-order valence-electron chi connectivity index (χ2n) is 9.03. The first-order valence-electron chi connectivity index (χ1n) is 11.9. The molecule has 0 unspecified atom stereocenters. The van der Waals surface area contributed by atoms with Crippen molar-refractivity contribution < 1.29 is 22.7 Å². The Morgan fingerprint density at radius 2 is 1.75 bits per heavy atom. The third-order valence-electron chi connectivity index (χ3n) is 6.92. The zero-order chi connectivity index (χ0) is 23.1. The third-order valence-corrected chi connectivity index (χ3v) is 8.74. The van der Waals surface area contributed by atoms with Crippen molar-refractivity contribution in [2.24, 2.45) is 11.8 Å². The lowest BCUT2D eigenvalue weighted by atomic mass is 9.79. The Morgan fingerprint density at radius 1 is 1.09 bits per heavy atom. The second-order valence-corrected chi connectivity index (χ2v) is 11.1. The molecule has 2 aliphatic rings. The Balaban J connectivity index is 1.48. The summed E-state index contributed by atoms with van der Waals surface area (Å²) in [5.74, 6) is 1.97. The van der Waals surface area contributed by atoms with E-state index in [9.17, 15) is 13.2 Å². The first-order valence-corrected chi connectivity index (χ1v) is 13.5. The zero-order valence-corrected chi connectivity index (χ0v) is 20.5. The van der Waals surface area contributed by atoms with E-state index < -0.39 is 10.0 Å². The number of rotatable bonds is 10. The number of methoxy groups -OCH3 is 2. The van der Waals surface area contributed by atoms with Crippen molar-refractivity contribution in [2.75, 3.05) is 33.1 Å². The number of carbonyl (C=O) groups excluding carboxylic acids is 1. The highest BCUT2D eigenvalue weighted by Crippen LogP contribution is 2.34. The molecule has 0 aromatic heterocycles. The van der Waals surface area contributed by atoms with Gasteiger partial charge in [-0.3, -0.25) is 4.79 Å². The Labute approximate surface area is 192 Å². The van der Waals surface area contributed by atoms with Crippen LogP contribution in [0.2, 0.25) is 0 Å². The number of carbonyl (C=O) groups is 1. The van der Waals surface area contributed by atoms with Gasteiger partial charge >= 0.3 is 0 Å². The van der Waals surface area contributed by atoms with Gasteiger partial charge in [-0.15, -0.1) is 0 Å². The minimum absolute atomic E-state index is 0.00922. The standard InChI is InChI=1S/C24H38N2O5S/c1-4-5-6-18-7-9-19(10-8-18)24(27)25-12-14-32(28,29)26-13-11-20-15-22(30-2)23(31-3)16-21(20)17-26/h15-16,18-19H,4-14,17H2,1-3H3,(H,25,27). The fourth-order valence-electron chi connectivity index (χ4n) is 4.88. The predicted molar refractivity (Wildman–Crippen MR) is 125 cm³/mol. The van der Waals surface area contributed by atoms with Crippen LogP contribution in [-0.4, -0.2) is 51.7 Å². The molecule has 1 saturated carbocycles. The quantitative estimate of drug-likeness (QED) is 0.570. The number of fused-ring (bicyclic) bond motifs is 1. The Morgan fingerprint density at radius 3 is 2.38 bits per heavy atom. The summed E-state index contributed by atoms with van der Waals surface area (Å²) < 4.78 is 38.0. The summed E-state index contributed by atoms with van der Waals surface area (Å²) in [4.78, 5) is 12.5. The van der Waals surface area contributed by atoms with E-state index in [1.165, 1.54) is 23.6 Å². The molecule has 7 nitrogen and oxygen atoms in total. The lowest BCUT2D eigenvalue weighted by Gasteiger charge is -2.29. The molecule has 32 heavy (non-hydrogen) atoms. The van der Waals surface area contributed by atoms with Crippen molar-refractivity contribution >= 4 is 15.9 Å². The van der Waals surface area contributed by atoms with Crippen LogP contribution in [0.25, 0.3) is 0 Å². The van der Waals surface area contributed by atoms with Crippen LogP contribution in [0.5, 0.6) is 11.5 Å². The summed E-state index contributed by atoms with van der Waals surface area (Å²) in [6.45, 7) is 3.12. The van der Waals surface area contributed by atoms with Gasteiger partial charge in [-0.25, -0.2) is 8.42 Å². The van der Waals surface area contributed by atoms with E-state index in [0.717, 1.165) is 42.7 Å². The van der Waals surface area contributed by atoms with Crippen LogP contribution >= 0.6 is 0 Å². The van der Waals surface area contributed by atoms with E-state index in [-0.39, 0.29) is 24.1 Å². The average Bonchev–Trinajstić information content (AvgIpc) is 2.81. The number of unbranched alkanes of at least 4 members (excludes halogenated alkanes) is 1. The molecular formula is C24H38N2O5S. The van der Waals surface area contributed by atoms with Crippen LogP contribution in [0.3, 0.4) is 0 Å². The van der Waals surface area contributed by atoms with Crippen LogP contribution in [-0.2, 0) is 27.8 Å². The van der Waals surface area contributed by atoms with Gasteiger partial charge in [0.2, 0.25) is 15.9 Å². The smallest absolute Gasteiger partial charge is 0.223 e. The van der Waals surface area contributed by atoms with Gasteiger partial charge < -0.3 is 14.8 Å². The molecule has 0 radical (unpaired) electrons. The first-order chi connectivity index (χ1) is 15.4. The molecule has 1 N–H and O–H groups in total. The van der Waals surface area contributed by atoms with E-state index in [0.29, 0.717) is 31.0 Å². The molecule has 0 bridgehead atoms. The first kappa shape index (κ1) is 24.8. The molecule has 0 atom stereocenters. The van der Waals surface area contributed by atoms with E-state index in [4.69, 9.17) is 9.47 Å². The van der Waals surface area contributed by atoms with Gasteiger partial charge in [0.15, 0.2) is 11.5 Å². The molecule has 1 aliphatic heterocycles. The van der Waals surface area contributed by atoms with Gasteiger partial charge in [0.1, 0.15) is 0 Å². The highest BCUT2D eigenvalue weighted by molar-refractivity contribution is 7.89. The number of nitrogens with one attached hydrogen (secondary N) is 1. The van der Waals surface area contributed by atoms with Crippen LogP contribution < -0.4 is 14.8 Å². The maximum atomic E-state index is 12.9. The van der Waals surface area contributed by atoms with Crippen molar-refractivity contribution in [3.05, 3.63) is 23.3 Å². The molecule has 0 saturated heterocycles. The fourth-order valence-corrected chi connectivity index (χ4v) is 6.20. The lowest BCUT2D eigenvalue weighted by molar-refractivity contribution is -0.126. The Hall–Kier alpha value is -1.80. The largest absolute Gasteiger partial charge is 0.493 e. The van der Waals surface area contributed by atoms with Crippen molar-refractivity contribution in [3.8, 4) is 11.5 Å². The number of hydrogen-bond donors (Lipinski definition) is 1. The highest BCUT2D eigenvalue weighted by Gasteiger charge is 2.29. The number of amides is 1. The number of benzene rings is 1. The van der Waals surface area contributed by atoms with Gasteiger partial charge in [-0.05, 0) is 61.3 Å². The van der Waals surface area contributed by atoms with Crippen LogP contribution in [0.4, 0.5) is 0 Å². The molecular weight excluding hydrogens is 428 g/mol. The van der Waals surface area contributed by atoms with Gasteiger partial charge in [0.05, 0.1) is 20.0 Å². The van der Waals surface area contributed by atoms with E-state index >= 15 is 0 Å². The number of sulfonamides is 1. The number of hydrogen-bond acceptors (Lipinski definition) is 5. The van der Waals surface area contributed by atoms with Crippen LogP contribution in [0.1, 0.15) is 63.0 Å². The minimum atomic E-state index is -3.46. The average molecular weight is 467 g/mol. The summed E-state index contributed by atoms with van der Waals surface area (Å²) >= 11 is 0. The van der Waals surface area contributed by atoms with Gasteiger partial charge in [-0.2, -0.15) is 4.31 Å². The van der Waals surface area contributed by atoms with Crippen molar-refractivity contribution in [1.82, 2.24) is 9.62 Å². The van der Waals surface area contributed by atoms with Gasteiger partial charge in [-0.1, -0.05) is 26.2 Å². The van der Waals surface area contributed by atoms with Crippen molar-refractivity contribution in [1.29, 1.82) is 0 Å². The molecule has 1 aromatic carbocycles. The molecule has 1 aliphatic carbocycles. The van der Waals surface area contributed by atoms with Crippen LogP contribution in [0, 0.1) is 11.8 Å². The van der Waals surface area contributed by atoms with E-state index in [2.05, 4.69) is 12.2 Å². The highest BCUT2D eigenvalue weighted by atomic mass is 32.2. The van der Waals surface area contributed by atoms with Gasteiger partial charge in [0.25, 0.3) is 0 Å². The second kappa shape index (κ2) is 11.4. The molecule has 0 spiro atoms. The lowest BCUT2D eigenvalue weighted by Crippen LogP contribution is -2.41. The molecule has 1 fully saturated rings. The Bertz CT molecular complexity index is 879. The number of ether oxygens (including phenoxy) is 2. The van der Waals surface area contributed by atoms with Crippen molar-refractivity contribution in [2.45, 2.75) is 64.8 Å². The normalized spacial score (nSPS) is 21.6. The summed E-state index contributed by atoms with van der Waals surface area (Å²) in [6.07, 6.45) is 8.43. The minimum Gasteiger partial charge on any atom is -0.493 e. The summed E-state index contributed by atoms with van der Waals surface area (Å²) in [6, 6.07) is 3.78. The maximum absolute atomic E-state index is 12.9. The molecule has 8 heteroatoms. The summed E-state index contributed by atoms with van der Waals surface area (Å²) in [7, 11) is -0.295. The van der Waals surface area contributed by atoms with Gasteiger partial charge in [0, 0.05) is 25.6 Å². The zero-order valence-electron chi connectivity index (χ0n) is 19.7. The summed E-state index contributed by atoms with van der Waals surface area (Å²) in [5.41, 5.74) is 2.01. The molecule has 180 valence electrons. The SMILES string of the molecule is CCCCC1CCC(C(=O)NCCS(=O)(=O)N2CCc3cc(OC)c(OC)cc3C2)CC1. The number of nitrogens with zero attached hydrogens (tertiary/aromatic N) is 1. The topological polar surface area (TPSA) is 84.9 Å². The maximum Gasteiger partial charge on any atom is 0.223 e. The van der Waals surface area contributed by atoms with Crippen LogP contribution in [0.15, 0.2) is 12.1 Å². The molecule has 1 amide bonds. The third kappa shape index (κ3) is 6.16. The van der Waals surface area contributed by atoms with E-state index in [1.54, 1.807) is 14.2 Å². The molecule has 1 heterocycles. The molecule has 3 rings (SSSR count). The summed E-state index contributed by atoms with van der Waals surface area (Å²) in [5, 5.41) is 2.88. The Kier molecular flexibility index (Phi) is 8.82. The fraction of sp³-hybridized carbons (Fsp3) is 0.708.